The zero-order chi connectivity index (χ0) is 18.6. The first-order chi connectivity index (χ1) is 12.4. The Morgan fingerprint density at radius 1 is 1.08 bits per heavy atom. The van der Waals surface area contributed by atoms with E-state index in [9.17, 15) is 8.42 Å². The van der Waals surface area contributed by atoms with E-state index in [1.807, 2.05) is 0 Å². The highest BCUT2D eigenvalue weighted by Gasteiger charge is 2.26. The lowest BCUT2D eigenvalue weighted by Crippen LogP contribution is -2.41. The lowest BCUT2D eigenvalue weighted by Gasteiger charge is -2.29. The van der Waals surface area contributed by atoms with Crippen LogP contribution in [-0.4, -0.2) is 26.3 Å². The smallest absolute Gasteiger partial charge is 0.214 e. The van der Waals surface area contributed by atoms with Crippen molar-refractivity contribution in [1.29, 1.82) is 0 Å². The van der Waals surface area contributed by atoms with Gasteiger partial charge in [0.2, 0.25) is 10.0 Å². The van der Waals surface area contributed by atoms with Gasteiger partial charge in [-0.1, -0.05) is 18.2 Å². The Kier molecular flexibility index (Phi) is 6.37. The van der Waals surface area contributed by atoms with Gasteiger partial charge < -0.3 is 5.32 Å². The van der Waals surface area contributed by atoms with Crippen LogP contribution >= 0.6 is 11.3 Å². The normalized spacial score (nSPS) is 21.0. The lowest BCUT2D eigenvalue weighted by molar-refractivity contribution is 0.323. The third kappa shape index (κ3) is 5.09. The van der Waals surface area contributed by atoms with E-state index in [1.54, 1.807) is 25.2 Å². The Balaban J connectivity index is 1.44. The van der Waals surface area contributed by atoms with Crippen molar-refractivity contribution in [2.24, 2.45) is 5.92 Å². The fraction of sp³-hybridized carbons (Fsp3) is 0.500. The lowest BCUT2D eigenvalue weighted by atomic mass is 9.86. The van der Waals surface area contributed by atoms with Crippen LogP contribution < -0.4 is 10.0 Å². The monoisotopic (exact) mass is 392 g/mol. The summed E-state index contributed by atoms with van der Waals surface area (Å²) in [5.74, 6) is 0.603. The summed E-state index contributed by atoms with van der Waals surface area (Å²) in [6.07, 6.45) is 3.97. The molecule has 1 aromatic heterocycles. The summed E-state index contributed by atoms with van der Waals surface area (Å²) in [6.45, 7) is 4.39. The van der Waals surface area contributed by atoms with Crippen molar-refractivity contribution < 1.29 is 8.42 Å². The number of benzene rings is 1. The first kappa shape index (κ1) is 19.4. The van der Waals surface area contributed by atoms with Gasteiger partial charge in [0.05, 0.1) is 5.25 Å². The van der Waals surface area contributed by atoms with Crippen LogP contribution in [0.25, 0.3) is 10.4 Å². The molecule has 0 radical (unpaired) electrons. The van der Waals surface area contributed by atoms with E-state index in [1.165, 1.54) is 10.4 Å². The van der Waals surface area contributed by atoms with Gasteiger partial charge in [-0.2, -0.15) is 0 Å². The standard InChI is InChI=1S/C20H28N2O2S2/c1-15(2)26(23,24)22-19-9-5-16(6-10-19)14-21-18-11-7-17(8-12-18)20-4-3-13-25-20/h3-4,7-8,11-13,15-16,19,21-22H,5-6,9-10,14H2,1-2H3/t16-,19-. The molecule has 2 N–H and O–H groups in total. The van der Waals surface area contributed by atoms with E-state index >= 15 is 0 Å². The molecule has 0 spiro atoms. The molecule has 0 aliphatic heterocycles. The molecule has 142 valence electrons. The summed E-state index contributed by atoms with van der Waals surface area (Å²) in [5, 5.41) is 5.27. The highest BCUT2D eigenvalue weighted by Crippen LogP contribution is 2.27. The molecule has 2 aromatic rings. The van der Waals surface area contributed by atoms with Crippen molar-refractivity contribution in [1.82, 2.24) is 4.72 Å². The summed E-state index contributed by atoms with van der Waals surface area (Å²) < 4.78 is 26.8. The summed E-state index contributed by atoms with van der Waals surface area (Å²) in [6, 6.07) is 12.9. The predicted octanol–water partition coefficient (Wildman–Crippen LogP) is 4.71. The molecule has 0 amide bonds. The van der Waals surface area contributed by atoms with Crippen molar-refractivity contribution in [3.05, 3.63) is 41.8 Å². The van der Waals surface area contributed by atoms with Crippen LogP contribution in [0, 0.1) is 5.92 Å². The Bertz CT molecular complexity index is 776. The van der Waals surface area contributed by atoms with Crippen LogP contribution in [0.4, 0.5) is 5.69 Å². The van der Waals surface area contributed by atoms with Crippen molar-refractivity contribution in [3.8, 4) is 10.4 Å². The van der Waals surface area contributed by atoms with Crippen LogP contribution in [0.15, 0.2) is 41.8 Å². The van der Waals surface area contributed by atoms with Crippen molar-refractivity contribution >= 4 is 27.0 Å². The fourth-order valence-corrected chi connectivity index (χ4v) is 5.02. The highest BCUT2D eigenvalue weighted by atomic mass is 32.2. The van der Waals surface area contributed by atoms with Gasteiger partial charge in [0.15, 0.2) is 0 Å². The Morgan fingerprint density at radius 3 is 2.35 bits per heavy atom. The highest BCUT2D eigenvalue weighted by molar-refractivity contribution is 7.90. The van der Waals surface area contributed by atoms with Crippen molar-refractivity contribution in [2.45, 2.75) is 50.8 Å². The van der Waals surface area contributed by atoms with E-state index in [-0.39, 0.29) is 11.3 Å². The topological polar surface area (TPSA) is 58.2 Å². The van der Waals surface area contributed by atoms with E-state index in [0.717, 1.165) is 37.9 Å². The van der Waals surface area contributed by atoms with Gasteiger partial charge in [-0.15, -0.1) is 11.3 Å². The molecule has 1 fully saturated rings. The van der Waals surface area contributed by atoms with Gasteiger partial charge in [0, 0.05) is 23.2 Å². The van der Waals surface area contributed by atoms with Gasteiger partial charge in [0.1, 0.15) is 0 Å². The molecular formula is C20H28N2O2S2. The third-order valence-electron chi connectivity index (χ3n) is 5.08. The van der Waals surface area contributed by atoms with E-state index in [0.29, 0.717) is 5.92 Å². The molecule has 1 aromatic carbocycles. The molecular weight excluding hydrogens is 364 g/mol. The second kappa shape index (κ2) is 8.55. The van der Waals surface area contributed by atoms with Crippen LogP contribution in [0.5, 0.6) is 0 Å². The molecule has 0 saturated heterocycles. The minimum absolute atomic E-state index is 0.101. The number of rotatable bonds is 7. The molecule has 26 heavy (non-hydrogen) atoms. The number of anilines is 1. The number of hydrogen-bond acceptors (Lipinski definition) is 4. The van der Waals surface area contributed by atoms with Crippen LogP contribution in [0.2, 0.25) is 0 Å². The minimum atomic E-state index is -3.16. The van der Waals surface area contributed by atoms with E-state index < -0.39 is 10.0 Å². The number of nitrogens with one attached hydrogen (secondary N) is 2. The quantitative estimate of drug-likeness (QED) is 0.717. The zero-order valence-corrected chi connectivity index (χ0v) is 17.1. The molecule has 6 heteroatoms. The van der Waals surface area contributed by atoms with Gasteiger partial charge in [-0.05, 0) is 74.6 Å². The summed E-state index contributed by atoms with van der Waals surface area (Å²) in [5.41, 5.74) is 2.40. The number of sulfonamides is 1. The molecule has 0 bridgehead atoms. The first-order valence-electron chi connectivity index (χ1n) is 9.33. The maximum atomic E-state index is 12.0. The molecule has 0 unspecified atom stereocenters. The maximum absolute atomic E-state index is 12.0. The Labute approximate surface area is 161 Å². The Hall–Kier alpha value is -1.37. The molecule has 3 rings (SSSR count). The van der Waals surface area contributed by atoms with Gasteiger partial charge in [0.25, 0.3) is 0 Å². The van der Waals surface area contributed by atoms with E-state index in [4.69, 9.17) is 0 Å². The second-order valence-electron chi connectivity index (χ2n) is 7.36. The van der Waals surface area contributed by atoms with Crippen LogP contribution in [-0.2, 0) is 10.0 Å². The summed E-state index contributed by atoms with van der Waals surface area (Å²) in [4.78, 5) is 1.29. The van der Waals surface area contributed by atoms with Gasteiger partial charge in [-0.25, -0.2) is 13.1 Å². The summed E-state index contributed by atoms with van der Waals surface area (Å²) in [7, 11) is -3.16. The molecule has 1 aliphatic rings. The number of thiophene rings is 1. The van der Waals surface area contributed by atoms with Gasteiger partial charge >= 0.3 is 0 Å². The third-order valence-corrected chi connectivity index (χ3v) is 7.91. The average Bonchev–Trinajstić information content (AvgIpc) is 3.16. The molecule has 0 atom stereocenters. The van der Waals surface area contributed by atoms with Crippen molar-refractivity contribution in [2.75, 3.05) is 11.9 Å². The SMILES string of the molecule is CC(C)S(=O)(=O)N[C@H]1CC[C@H](CNc2ccc(-c3cccs3)cc2)CC1. The first-order valence-corrected chi connectivity index (χ1v) is 11.8. The number of hydrogen-bond donors (Lipinski definition) is 2. The summed E-state index contributed by atoms with van der Waals surface area (Å²) >= 11 is 1.75. The van der Waals surface area contributed by atoms with Crippen molar-refractivity contribution in [3.63, 3.8) is 0 Å². The largest absolute Gasteiger partial charge is 0.385 e. The second-order valence-corrected chi connectivity index (χ2v) is 10.6. The molecule has 1 saturated carbocycles. The maximum Gasteiger partial charge on any atom is 0.214 e. The van der Waals surface area contributed by atoms with Crippen LogP contribution in [0.3, 0.4) is 0 Å². The Morgan fingerprint density at radius 2 is 1.77 bits per heavy atom. The molecule has 1 aliphatic carbocycles. The molecule has 4 nitrogen and oxygen atoms in total. The zero-order valence-electron chi connectivity index (χ0n) is 15.4. The molecule has 1 heterocycles. The van der Waals surface area contributed by atoms with Gasteiger partial charge in [-0.3, -0.25) is 0 Å². The minimum Gasteiger partial charge on any atom is -0.385 e. The van der Waals surface area contributed by atoms with Crippen LogP contribution in [0.1, 0.15) is 39.5 Å². The predicted molar refractivity (Wildman–Crippen MR) is 111 cm³/mol. The average molecular weight is 393 g/mol. The fourth-order valence-electron chi connectivity index (χ4n) is 3.31. The van der Waals surface area contributed by atoms with E-state index in [2.05, 4.69) is 51.8 Å².